The van der Waals surface area contributed by atoms with Crippen molar-refractivity contribution in [3.8, 4) is 0 Å². The molecular formula is C18H18B2F6N2O8S. The van der Waals surface area contributed by atoms with Crippen LogP contribution in [0.1, 0.15) is 12.0 Å². The first-order valence-corrected chi connectivity index (χ1v) is 11.5. The lowest BCUT2D eigenvalue weighted by molar-refractivity contribution is -0.160. The summed E-state index contributed by atoms with van der Waals surface area (Å²) in [6, 6.07) is 1.05. The third-order valence-electron chi connectivity index (χ3n) is 4.92. The molecule has 0 spiro atoms. The highest BCUT2D eigenvalue weighted by atomic mass is 32.2. The maximum atomic E-state index is 14.0. The van der Waals surface area contributed by atoms with Crippen molar-refractivity contribution in [2.45, 2.75) is 23.7 Å². The normalized spacial score (nSPS) is 17.7. The van der Waals surface area contributed by atoms with Gasteiger partial charge in [0, 0.05) is 4.91 Å². The Morgan fingerprint density at radius 1 is 1.05 bits per heavy atom. The number of rotatable bonds is 8. The van der Waals surface area contributed by atoms with Crippen LogP contribution in [0.15, 0.2) is 50.0 Å². The fourth-order valence-electron chi connectivity index (χ4n) is 3.12. The van der Waals surface area contributed by atoms with Gasteiger partial charge in [0.15, 0.2) is 0 Å². The van der Waals surface area contributed by atoms with Crippen LogP contribution in [-0.4, -0.2) is 74.8 Å². The van der Waals surface area contributed by atoms with Gasteiger partial charge in [-0.3, -0.25) is 9.59 Å². The number of hydrogen-bond acceptors (Lipinski definition) is 8. The molecule has 2 rings (SSSR count). The summed E-state index contributed by atoms with van der Waals surface area (Å²) in [7, 11) is -9.67. The van der Waals surface area contributed by atoms with Crippen LogP contribution >= 0.6 is 0 Å². The fraction of sp³-hybridized carbons (Fsp3) is 0.333. The van der Waals surface area contributed by atoms with Crippen LogP contribution in [0.4, 0.5) is 26.3 Å². The number of carbonyl (C=O) groups is 2. The summed E-state index contributed by atoms with van der Waals surface area (Å²) in [5.74, 6) is -5.18. The molecule has 1 amide bonds. The van der Waals surface area contributed by atoms with Crippen molar-refractivity contribution in [1.82, 2.24) is 5.32 Å². The maximum absolute atomic E-state index is 14.0. The van der Waals surface area contributed by atoms with Crippen LogP contribution in [0.5, 0.6) is 0 Å². The van der Waals surface area contributed by atoms with E-state index in [2.05, 4.69) is 4.36 Å². The smallest absolute Gasteiger partial charge is 0.480 e. The largest absolute Gasteiger partial charge is 0.488 e. The summed E-state index contributed by atoms with van der Waals surface area (Å²) in [6.07, 6.45) is -10.2. The van der Waals surface area contributed by atoms with Crippen molar-refractivity contribution in [2.24, 2.45) is 10.3 Å². The molecule has 0 heterocycles. The molecule has 0 saturated heterocycles. The molecule has 1 aromatic carbocycles. The number of carboxylic acid groups (broad SMARTS) is 1. The lowest BCUT2D eigenvalue weighted by atomic mass is 9.72. The number of nitrogens with one attached hydrogen (secondary N) is 1. The highest BCUT2D eigenvalue weighted by molar-refractivity contribution is 7.97. The monoisotopic (exact) mass is 558 g/mol. The summed E-state index contributed by atoms with van der Waals surface area (Å²) in [4.78, 5) is 20.7. The fourth-order valence-corrected chi connectivity index (χ4v) is 5.23. The minimum absolute atomic E-state index is 0.216. The van der Waals surface area contributed by atoms with Crippen molar-refractivity contribution < 1.29 is 65.3 Å². The molecule has 19 heteroatoms. The van der Waals surface area contributed by atoms with Crippen molar-refractivity contribution in [2.75, 3.05) is 13.1 Å². The van der Waals surface area contributed by atoms with Gasteiger partial charge < -0.3 is 30.5 Å². The second-order valence-corrected chi connectivity index (χ2v) is 9.91. The minimum atomic E-state index is -5.16. The Hall–Kier alpha value is -2.86. The van der Waals surface area contributed by atoms with Crippen LogP contribution in [0, 0.1) is 5.92 Å². The minimum Gasteiger partial charge on any atom is -0.480 e. The third-order valence-corrected chi connectivity index (χ3v) is 7.18. The molecule has 10 nitrogen and oxygen atoms in total. The van der Waals surface area contributed by atoms with Crippen molar-refractivity contribution in [1.29, 1.82) is 0 Å². The van der Waals surface area contributed by atoms with E-state index in [0.29, 0.717) is 18.2 Å². The van der Waals surface area contributed by atoms with Crippen LogP contribution in [0.3, 0.4) is 0 Å². The summed E-state index contributed by atoms with van der Waals surface area (Å²) >= 11 is 0. The first-order chi connectivity index (χ1) is 16.8. The molecular weight excluding hydrogens is 540 g/mol. The Kier molecular flexibility index (Phi) is 9.24. The maximum Gasteiger partial charge on any atom is 0.488 e. The van der Waals surface area contributed by atoms with Gasteiger partial charge in [-0.1, -0.05) is 12.1 Å². The first kappa shape index (κ1) is 30.4. The van der Waals surface area contributed by atoms with Gasteiger partial charge in [-0.25, -0.2) is 8.57 Å². The molecule has 0 aromatic heterocycles. The predicted octanol–water partition coefficient (Wildman–Crippen LogP) is -0.183. The number of carbonyl (C=O) groups excluding carboxylic acids is 1. The molecule has 2 unspecified atom stereocenters. The zero-order chi connectivity index (χ0) is 28.3. The number of benzene rings is 1. The summed E-state index contributed by atoms with van der Waals surface area (Å²) in [6.45, 7) is -2.13. The molecule has 6 N–H and O–H groups in total. The molecule has 1 aliphatic rings. The van der Waals surface area contributed by atoms with Gasteiger partial charge in [0.25, 0.3) is 0 Å². The van der Waals surface area contributed by atoms with E-state index in [4.69, 9.17) is 5.11 Å². The van der Waals surface area contributed by atoms with E-state index in [-0.39, 0.29) is 12.1 Å². The average molecular weight is 558 g/mol. The van der Waals surface area contributed by atoms with E-state index in [1.807, 2.05) is 5.32 Å². The number of hydrogen-bond donors (Lipinski definition) is 6. The molecule has 202 valence electrons. The second-order valence-electron chi connectivity index (χ2n) is 7.66. The number of allylic oxidation sites excluding steroid dienone is 3. The standard InChI is InChI=1S/C18H18B2F6N2O8S/c21-17(22,23)9-1-11(19(32)33)5-13(3-9)37(36,28-7-15(29)27-8-16(30)31)14-4-10(18(24,25)26)2-12(6-14)20(34)35/h1,3-6,10,32-35H,2,7-8H2,(H,27,29)(H,30,31). The van der Waals surface area contributed by atoms with E-state index in [1.165, 1.54) is 0 Å². The van der Waals surface area contributed by atoms with Crippen LogP contribution < -0.4 is 10.8 Å². The Morgan fingerprint density at radius 2 is 1.68 bits per heavy atom. The quantitative estimate of drug-likeness (QED) is 0.188. The van der Waals surface area contributed by atoms with Gasteiger partial charge >= 0.3 is 32.6 Å². The van der Waals surface area contributed by atoms with Crippen molar-refractivity contribution in [3.63, 3.8) is 0 Å². The van der Waals surface area contributed by atoms with E-state index in [1.54, 1.807) is 0 Å². The number of nitrogens with zero attached hydrogens (tertiary/aromatic N) is 1. The molecule has 37 heavy (non-hydrogen) atoms. The Bertz CT molecular complexity index is 1240. The molecule has 2 atom stereocenters. The second kappa shape index (κ2) is 11.3. The van der Waals surface area contributed by atoms with Crippen molar-refractivity contribution >= 4 is 41.3 Å². The van der Waals surface area contributed by atoms with Gasteiger partial charge in [0.05, 0.1) is 16.4 Å². The number of alkyl halides is 6. The lowest BCUT2D eigenvalue weighted by Crippen LogP contribution is -2.33. The summed E-state index contributed by atoms with van der Waals surface area (Å²) in [5.41, 5.74) is -3.16. The third kappa shape index (κ3) is 7.81. The van der Waals surface area contributed by atoms with Gasteiger partial charge in [-0.2, -0.15) is 26.3 Å². The van der Waals surface area contributed by atoms with E-state index in [0.717, 1.165) is 0 Å². The van der Waals surface area contributed by atoms with Gasteiger partial charge in [0.2, 0.25) is 5.91 Å². The lowest BCUT2D eigenvalue weighted by Gasteiger charge is -2.25. The van der Waals surface area contributed by atoms with Gasteiger partial charge in [-0.15, -0.1) is 0 Å². The number of amides is 1. The van der Waals surface area contributed by atoms with E-state index >= 15 is 0 Å². The van der Waals surface area contributed by atoms with Gasteiger partial charge in [0.1, 0.15) is 22.8 Å². The van der Waals surface area contributed by atoms with Crippen LogP contribution in [0.25, 0.3) is 0 Å². The van der Waals surface area contributed by atoms with Crippen LogP contribution in [-0.2, 0) is 25.5 Å². The predicted molar refractivity (Wildman–Crippen MR) is 116 cm³/mol. The molecule has 0 saturated carbocycles. The zero-order valence-electron chi connectivity index (χ0n) is 18.3. The highest BCUT2D eigenvalue weighted by Crippen LogP contribution is 2.40. The number of carboxylic acids is 1. The van der Waals surface area contributed by atoms with E-state index < -0.39 is 99.9 Å². The average Bonchev–Trinajstić information content (AvgIpc) is 2.79. The first-order valence-electron chi connectivity index (χ1n) is 9.99. The summed E-state index contributed by atoms with van der Waals surface area (Å²) < 4.78 is 98.6. The molecule has 0 bridgehead atoms. The Morgan fingerprint density at radius 3 is 2.16 bits per heavy atom. The molecule has 0 aliphatic heterocycles. The SMILES string of the molecule is O=C(O)CNC(=O)CN=S(=O)(C1=CC(C(F)(F)F)CC(B(O)O)=C1)c1cc(B(O)O)cc(C(F)(F)F)c1. The molecule has 0 fully saturated rings. The van der Waals surface area contributed by atoms with Crippen LogP contribution in [0.2, 0.25) is 0 Å². The molecule has 1 aliphatic carbocycles. The Balaban J connectivity index is 2.85. The van der Waals surface area contributed by atoms with E-state index in [9.17, 15) is 60.2 Å². The topological polar surface area (TPSA) is 177 Å². The Labute approximate surface area is 205 Å². The zero-order valence-corrected chi connectivity index (χ0v) is 19.1. The number of halogens is 6. The van der Waals surface area contributed by atoms with Crippen molar-refractivity contribution in [3.05, 3.63) is 46.3 Å². The molecule has 1 aromatic rings. The summed E-state index contributed by atoms with van der Waals surface area (Å²) in [5, 5.41) is 48.2. The number of aliphatic carboxylic acids is 1. The highest BCUT2D eigenvalue weighted by Gasteiger charge is 2.43. The molecule has 0 radical (unpaired) electrons. The van der Waals surface area contributed by atoms with Gasteiger partial charge in [-0.05, 0) is 35.6 Å².